The SMILES string of the molecule is COc1cccc(-c2ccc(C(=O)N3CCC(S(C)(=O)=O)CC3)cc2)c1. The minimum Gasteiger partial charge on any atom is -0.497 e. The number of methoxy groups -OCH3 is 1. The van der Waals surface area contributed by atoms with Crippen molar-refractivity contribution < 1.29 is 17.9 Å². The highest BCUT2D eigenvalue weighted by atomic mass is 32.2. The Bertz CT molecular complexity index is 882. The summed E-state index contributed by atoms with van der Waals surface area (Å²) in [6, 6.07) is 15.2. The predicted molar refractivity (Wildman–Crippen MR) is 102 cm³/mol. The summed E-state index contributed by atoms with van der Waals surface area (Å²) < 4.78 is 28.5. The molecule has 5 nitrogen and oxygen atoms in total. The van der Waals surface area contributed by atoms with E-state index in [1.807, 2.05) is 48.5 Å². The van der Waals surface area contributed by atoms with Crippen LogP contribution in [0.25, 0.3) is 11.1 Å². The lowest BCUT2D eigenvalue weighted by atomic mass is 10.0. The molecule has 26 heavy (non-hydrogen) atoms. The van der Waals surface area contributed by atoms with Crippen LogP contribution >= 0.6 is 0 Å². The van der Waals surface area contributed by atoms with Gasteiger partial charge in [-0.2, -0.15) is 0 Å². The maximum Gasteiger partial charge on any atom is 0.253 e. The molecular formula is C20H23NO4S. The van der Waals surface area contributed by atoms with Crippen molar-refractivity contribution in [3.63, 3.8) is 0 Å². The highest BCUT2D eigenvalue weighted by molar-refractivity contribution is 7.91. The van der Waals surface area contributed by atoms with Crippen LogP contribution in [0.15, 0.2) is 48.5 Å². The van der Waals surface area contributed by atoms with Gasteiger partial charge in [-0.25, -0.2) is 8.42 Å². The van der Waals surface area contributed by atoms with Crippen LogP contribution in [0.4, 0.5) is 0 Å². The first kappa shape index (κ1) is 18.5. The van der Waals surface area contributed by atoms with E-state index in [9.17, 15) is 13.2 Å². The van der Waals surface area contributed by atoms with E-state index in [0.717, 1.165) is 16.9 Å². The van der Waals surface area contributed by atoms with Gasteiger partial charge in [-0.1, -0.05) is 24.3 Å². The number of carbonyl (C=O) groups is 1. The highest BCUT2D eigenvalue weighted by Gasteiger charge is 2.29. The van der Waals surface area contributed by atoms with Crippen molar-refractivity contribution in [1.82, 2.24) is 4.90 Å². The Morgan fingerprint density at radius 3 is 2.27 bits per heavy atom. The molecule has 1 saturated heterocycles. The van der Waals surface area contributed by atoms with Crippen LogP contribution in [0.2, 0.25) is 0 Å². The van der Waals surface area contributed by atoms with Crippen molar-refractivity contribution in [3.8, 4) is 16.9 Å². The summed E-state index contributed by atoms with van der Waals surface area (Å²) in [5.74, 6) is 0.741. The van der Waals surface area contributed by atoms with Crippen molar-refractivity contribution in [3.05, 3.63) is 54.1 Å². The molecule has 0 N–H and O–H groups in total. The number of rotatable bonds is 4. The van der Waals surface area contributed by atoms with Crippen LogP contribution in [-0.2, 0) is 9.84 Å². The second kappa shape index (κ2) is 7.50. The third kappa shape index (κ3) is 4.07. The zero-order valence-corrected chi connectivity index (χ0v) is 15.8. The van der Waals surface area contributed by atoms with Gasteiger partial charge in [0.05, 0.1) is 12.4 Å². The third-order valence-electron chi connectivity index (χ3n) is 4.87. The monoisotopic (exact) mass is 373 g/mol. The van der Waals surface area contributed by atoms with Crippen molar-refractivity contribution in [2.75, 3.05) is 26.5 Å². The largest absolute Gasteiger partial charge is 0.497 e. The van der Waals surface area contributed by atoms with Gasteiger partial charge >= 0.3 is 0 Å². The van der Waals surface area contributed by atoms with Crippen molar-refractivity contribution in [2.24, 2.45) is 0 Å². The van der Waals surface area contributed by atoms with E-state index in [4.69, 9.17) is 4.74 Å². The van der Waals surface area contributed by atoms with Crippen LogP contribution in [-0.4, -0.2) is 50.9 Å². The van der Waals surface area contributed by atoms with Crippen LogP contribution in [0.1, 0.15) is 23.2 Å². The first-order valence-corrected chi connectivity index (χ1v) is 10.6. The smallest absolute Gasteiger partial charge is 0.253 e. The van der Waals surface area contributed by atoms with Gasteiger partial charge in [0.25, 0.3) is 5.91 Å². The molecule has 0 aromatic heterocycles. The lowest BCUT2D eigenvalue weighted by molar-refractivity contribution is 0.0726. The van der Waals surface area contributed by atoms with Gasteiger partial charge in [-0.3, -0.25) is 4.79 Å². The van der Waals surface area contributed by atoms with E-state index in [1.54, 1.807) is 12.0 Å². The summed E-state index contributed by atoms with van der Waals surface area (Å²) in [7, 11) is -1.40. The molecule has 0 unspecified atom stereocenters. The molecule has 3 rings (SSSR count). The average molecular weight is 373 g/mol. The number of hydrogen-bond donors (Lipinski definition) is 0. The number of piperidine rings is 1. The van der Waals surface area contributed by atoms with Crippen molar-refractivity contribution in [2.45, 2.75) is 18.1 Å². The molecule has 2 aromatic rings. The number of ether oxygens (including phenoxy) is 1. The minimum atomic E-state index is -3.03. The van der Waals surface area contributed by atoms with Gasteiger partial charge in [0.15, 0.2) is 0 Å². The third-order valence-corrected chi connectivity index (χ3v) is 6.55. The maximum absolute atomic E-state index is 12.7. The summed E-state index contributed by atoms with van der Waals surface area (Å²) in [4.78, 5) is 14.4. The Kier molecular flexibility index (Phi) is 5.32. The molecular weight excluding hydrogens is 350 g/mol. The molecule has 1 heterocycles. The number of amides is 1. The van der Waals surface area contributed by atoms with Crippen LogP contribution in [0.5, 0.6) is 5.75 Å². The fourth-order valence-electron chi connectivity index (χ4n) is 3.28. The summed E-state index contributed by atoms with van der Waals surface area (Å²) in [6.45, 7) is 0.961. The molecule has 0 aliphatic carbocycles. The Morgan fingerprint density at radius 2 is 1.69 bits per heavy atom. The van der Waals surface area contributed by atoms with Crippen molar-refractivity contribution >= 4 is 15.7 Å². The minimum absolute atomic E-state index is 0.0471. The molecule has 0 spiro atoms. The van der Waals surface area contributed by atoms with Crippen LogP contribution < -0.4 is 4.74 Å². The molecule has 0 bridgehead atoms. The van der Waals surface area contributed by atoms with Gasteiger partial charge in [-0.15, -0.1) is 0 Å². The second-order valence-electron chi connectivity index (χ2n) is 6.63. The van der Waals surface area contributed by atoms with E-state index in [1.165, 1.54) is 6.26 Å². The Balaban J connectivity index is 1.70. The maximum atomic E-state index is 12.7. The molecule has 0 saturated carbocycles. The molecule has 1 aliphatic rings. The quantitative estimate of drug-likeness (QED) is 0.826. The van der Waals surface area contributed by atoms with Gasteiger partial charge in [0.2, 0.25) is 0 Å². The zero-order chi connectivity index (χ0) is 18.7. The van der Waals surface area contributed by atoms with Gasteiger partial charge in [-0.05, 0) is 48.2 Å². The summed E-state index contributed by atoms with van der Waals surface area (Å²) in [6.07, 6.45) is 2.28. The summed E-state index contributed by atoms with van der Waals surface area (Å²) in [5, 5.41) is -0.331. The zero-order valence-electron chi connectivity index (χ0n) is 15.0. The molecule has 2 aromatic carbocycles. The van der Waals surface area contributed by atoms with E-state index in [-0.39, 0.29) is 11.2 Å². The van der Waals surface area contributed by atoms with Gasteiger partial charge in [0.1, 0.15) is 15.6 Å². The molecule has 0 atom stereocenters. The number of nitrogens with zero attached hydrogens (tertiary/aromatic N) is 1. The first-order chi connectivity index (χ1) is 12.4. The number of likely N-dealkylation sites (tertiary alicyclic amines) is 1. The van der Waals surface area contributed by atoms with E-state index < -0.39 is 9.84 Å². The highest BCUT2D eigenvalue weighted by Crippen LogP contribution is 2.25. The van der Waals surface area contributed by atoms with Gasteiger partial charge < -0.3 is 9.64 Å². The van der Waals surface area contributed by atoms with E-state index in [0.29, 0.717) is 31.5 Å². The molecule has 138 valence electrons. The standard InChI is InChI=1S/C20H23NO4S/c1-25-18-5-3-4-17(14-18)15-6-8-16(9-7-15)20(22)21-12-10-19(11-13-21)26(2,23)24/h3-9,14,19H,10-13H2,1-2H3. The van der Waals surface area contributed by atoms with E-state index in [2.05, 4.69) is 0 Å². The molecule has 1 amide bonds. The van der Waals surface area contributed by atoms with Crippen molar-refractivity contribution in [1.29, 1.82) is 0 Å². The fraction of sp³-hybridized carbons (Fsp3) is 0.350. The predicted octanol–water partition coefficient (Wildman–Crippen LogP) is 3.01. The molecule has 6 heteroatoms. The van der Waals surface area contributed by atoms with Crippen LogP contribution in [0, 0.1) is 0 Å². The normalized spacial score (nSPS) is 15.7. The lowest BCUT2D eigenvalue weighted by Gasteiger charge is -2.31. The first-order valence-electron chi connectivity index (χ1n) is 8.61. The Hall–Kier alpha value is -2.34. The summed E-state index contributed by atoms with van der Waals surface area (Å²) in [5.41, 5.74) is 2.66. The average Bonchev–Trinajstić information content (AvgIpc) is 2.67. The number of carbonyl (C=O) groups excluding carboxylic acids is 1. The lowest BCUT2D eigenvalue weighted by Crippen LogP contribution is -2.42. The number of benzene rings is 2. The van der Waals surface area contributed by atoms with Gasteiger partial charge in [0, 0.05) is 24.9 Å². The topological polar surface area (TPSA) is 63.7 Å². The second-order valence-corrected chi connectivity index (χ2v) is 8.96. The number of sulfone groups is 1. The molecule has 1 fully saturated rings. The summed E-state index contributed by atoms with van der Waals surface area (Å²) >= 11 is 0. The molecule has 0 radical (unpaired) electrons. The fourth-order valence-corrected chi connectivity index (χ4v) is 4.34. The van der Waals surface area contributed by atoms with Crippen LogP contribution in [0.3, 0.4) is 0 Å². The van der Waals surface area contributed by atoms with E-state index >= 15 is 0 Å². The molecule has 1 aliphatic heterocycles. The Labute approximate surface area is 154 Å². The number of hydrogen-bond acceptors (Lipinski definition) is 4. The Morgan fingerprint density at radius 1 is 1.04 bits per heavy atom.